The minimum absolute atomic E-state index is 0.0932. The van der Waals surface area contributed by atoms with Crippen LogP contribution < -0.4 is 5.43 Å². The molecule has 1 aromatic heterocycles. The number of amides is 1. The van der Waals surface area contributed by atoms with Gasteiger partial charge in [-0.3, -0.25) is 9.59 Å². The molecule has 0 aliphatic heterocycles. The van der Waals surface area contributed by atoms with Crippen LogP contribution in [0.3, 0.4) is 0 Å². The highest BCUT2D eigenvalue weighted by atomic mass is 16.3. The summed E-state index contributed by atoms with van der Waals surface area (Å²) in [6, 6.07) is 3.77. The summed E-state index contributed by atoms with van der Waals surface area (Å²) in [6.07, 6.45) is 0.816. The van der Waals surface area contributed by atoms with Gasteiger partial charge in [0.15, 0.2) is 0 Å². The lowest BCUT2D eigenvalue weighted by molar-refractivity contribution is 0.0702. The van der Waals surface area contributed by atoms with Gasteiger partial charge in [-0.1, -0.05) is 6.07 Å². The second kappa shape index (κ2) is 5.69. The number of H-pyrrole nitrogens is 1. The average Bonchev–Trinajstić information content (AvgIpc) is 2.38. The number of fused-ring (bicyclic) bond motifs is 1. The van der Waals surface area contributed by atoms with Crippen molar-refractivity contribution in [3.05, 3.63) is 45.2 Å². The normalized spacial score (nSPS) is 12.4. The van der Waals surface area contributed by atoms with E-state index in [9.17, 15) is 14.7 Å². The molecule has 0 radical (unpaired) electrons. The first-order chi connectivity index (χ1) is 9.81. The van der Waals surface area contributed by atoms with E-state index in [2.05, 4.69) is 4.98 Å². The third kappa shape index (κ3) is 2.97. The van der Waals surface area contributed by atoms with Crippen LogP contribution in [0, 0.1) is 13.8 Å². The Hall–Kier alpha value is -2.14. The van der Waals surface area contributed by atoms with E-state index in [0.29, 0.717) is 5.39 Å². The van der Waals surface area contributed by atoms with Crippen molar-refractivity contribution in [3.63, 3.8) is 0 Å². The summed E-state index contributed by atoms with van der Waals surface area (Å²) >= 11 is 0. The number of nitrogens with zero attached hydrogens (tertiary/aromatic N) is 1. The Labute approximate surface area is 123 Å². The highest BCUT2D eigenvalue weighted by molar-refractivity contribution is 5.97. The number of carbonyl (C=O) groups is 1. The van der Waals surface area contributed by atoms with E-state index in [1.165, 1.54) is 11.1 Å². The monoisotopic (exact) mass is 288 g/mol. The van der Waals surface area contributed by atoms with Gasteiger partial charge in [0.05, 0.1) is 11.6 Å². The molecule has 0 saturated carbocycles. The van der Waals surface area contributed by atoms with Gasteiger partial charge in [-0.05, 0) is 38.0 Å². The number of benzene rings is 1. The lowest BCUT2D eigenvalue weighted by atomic mass is 10.0. The molecule has 0 fully saturated rings. The number of nitrogens with one attached hydrogen (secondary N) is 1. The summed E-state index contributed by atoms with van der Waals surface area (Å²) in [6.45, 7) is 5.62. The zero-order valence-corrected chi connectivity index (χ0v) is 12.7. The zero-order chi connectivity index (χ0) is 15.7. The van der Waals surface area contributed by atoms with E-state index in [1.54, 1.807) is 20.0 Å². The van der Waals surface area contributed by atoms with E-state index >= 15 is 0 Å². The van der Waals surface area contributed by atoms with Gasteiger partial charge in [0.2, 0.25) is 5.43 Å². The maximum Gasteiger partial charge on any atom is 0.259 e. The fourth-order valence-corrected chi connectivity index (χ4v) is 2.54. The SMILES string of the molecule is Cc1cc(C)c2[nH]cc(C(=O)N(C)C[C@@H](C)O)c(=O)c2c1. The van der Waals surface area contributed by atoms with Gasteiger partial charge in [-0.2, -0.15) is 0 Å². The Kier molecular flexibility index (Phi) is 4.14. The number of aromatic amines is 1. The lowest BCUT2D eigenvalue weighted by Gasteiger charge is -2.18. The Morgan fingerprint density at radius 1 is 1.38 bits per heavy atom. The second-order valence-electron chi connectivity index (χ2n) is 5.57. The van der Waals surface area contributed by atoms with Crippen LogP contribution in [0.2, 0.25) is 0 Å². The van der Waals surface area contributed by atoms with E-state index in [0.717, 1.165) is 16.6 Å². The zero-order valence-electron chi connectivity index (χ0n) is 12.7. The Morgan fingerprint density at radius 2 is 2.05 bits per heavy atom. The maximum absolute atomic E-state index is 12.5. The topological polar surface area (TPSA) is 73.4 Å². The van der Waals surface area contributed by atoms with Crippen LogP contribution in [0.25, 0.3) is 10.9 Å². The number of hydrogen-bond acceptors (Lipinski definition) is 3. The molecule has 2 aromatic rings. The summed E-state index contributed by atoms with van der Waals surface area (Å²) in [5.41, 5.74) is 2.51. The van der Waals surface area contributed by atoms with Crippen molar-refractivity contribution in [2.24, 2.45) is 0 Å². The number of aliphatic hydroxyl groups excluding tert-OH is 1. The first kappa shape index (κ1) is 15.3. The molecule has 112 valence electrons. The summed E-state index contributed by atoms with van der Waals surface area (Å²) in [5, 5.41) is 9.87. The van der Waals surface area contributed by atoms with E-state index in [1.807, 2.05) is 19.9 Å². The molecule has 2 N–H and O–H groups in total. The molecule has 1 amide bonds. The predicted molar refractivity (Wildman–Crippen MR) is 82.7 cm³/mol. The minimum Gasteiger partial charge on any atom is -0.392 e. The van der Waals surface area contributed by atoms with Crippen LogP contribution >= 0.6 is 0 Å². The summed E-state index contributed by atoms with van der Waals surface area (Å²) < 4.78 is 0. The third-order valence-corrected chi connectivity index (χ3v) is 3.45. The smallest absolute Gasteiger partial charge is 0.259 e. The number of pyridine rings is 1. The fraction of sp³-hybridized carbons (Fsp3) is 0.375. The summed E-state index contributed by atoms with van der Waals surface area (Å²) in [5.74, 6) is -0.391. The molecule has 0 bridgehead atoms. The molecule has 1 aromatic carbocycles. The molecular formula is C16H20N2O3. The third-order valence-electron chi connectivity index (χ3n) is 3.45. The largest absolute Gasteiger partial charge is 0.392 e. The Bertz CT molecular complexity index is 747. The molecule has 5 nitrogen and oxygen atoms in total. The molecule has 0 saturated heterocycles. The standard InChI is InChI=1S/C16H20N2O3/c1-9-5-10(2)14-12(6-9)15(20)13(7-17-14)16(21)18(4)8-11(3)19/h5-7,11,19H,8H2,1-4H3,(H,17,20)/t11-/m1/s1. The van der Waals surface area contributed by atoms with Crippen molar-refractivity contribution >= 4 is 16.8 Å². The van der Waals surface area contributed by atoms with Crippen LogP contribution in [0.15, 0.2) is 23.1 Å². The molecule has 5 heteroatoms. The van der Waals surface area contributed by atoms with Gasteiger partial charge >= 0.3 is 0 Å². The first-order valence-electron chi connectivity index (χ1n) is 6.87. The molecule has 0 spiro atoms. The Morgan fingerprint density at radius 3 is 2.67 bits per heavy atom. The number of likely N-dealkylation sites (N-methyl/N-ethyl adjacent to an activating group) is 1. The molecule has 0 unspecified atom stereocenters. The molecular weight excluding hydrogens is 268 g/mol. The van der Waals surface area contributed by atoms with Gasteiger partial charge < -0.3 is 15.0 Å². The van der Waals surface area contributed by atoms with Gasteiger partial charge in [-0.15, -0.1) is 0 Å². The summed E-state index contributed by atoms with van der Waals surface area (Å²) in [4.78, 5) is 29.2. The quantitative estimate of drug-likeness (QED) is 0.901. The minimum atomic E-state index is -0.636. The van der Waals surface area contributed by atoms with Gasteiger partial charge in [0.1, 0.15) is 5.56 Å². The van der Waals surface area contributed by atoms with Crippen LogP contribution in [0.1, 0.15) is 28.4 Å². The van der Waals surface area contributed by atoms with E-state index in [4.69, 9.17) is 0 Å². The van der Waals surface area contributed by atoms with Crippen LogP contribution in [-0.4, -0.2) is 40.6 Å². The van der Waals surface area contributed by atoms with Crippen molar-refractivity contribution in [1.82, 2.24) is 9.88 Å². The number of hydrogen-bond donors (Lipinski definition) is 2. The van der Waals surface area contributed by atoms with Crippen LogP contribution in [0.5, 0.6) is 0 Å². The highest BCUT2D eigenvalue weighted by Crippen LogP contribution is 2.16. The molecule has 21 heavy (non-hydrogen) atoms. The number of carbonyl (C=O) groups excluding carboxylic acids is 1. The number of rotatable bonds is 3. The molecule has 0 aliphatic carbocycles. The molecule has 0 aliphatic rings. The average molecular weight is 288 g/mol. The van der Waals surface area contributed by atoms with Crippen molar-refractivity contribution in [2.75, 3.05) is 13.6 Å². The maximum atomic E-state index is 12.5. The Balaban J connectivity index is 2.54. The fourth-order valence-electron chi connectivity index (χ4n) is 2.54. The second-order valence-corrected chi connectivity index (χ2v) is 5.57. The summed E-state index contributed by atoms with van der Waals surface area (Å²) in [7, 11) is 1.57. The first-order valence-corrected chi connectivity index (χ1v) is 6.87. The van der Waals surface area contributed by atoms with Crippen molar-refractivity contribution in [3.8, 4) is 0 Å². The van der Waals surface area contributed by atoms with E-state index < -0.39 is 12.0 Å². The van der Waals surface area contributed by atoms with Crippen LogP contribution in [-0.2, 0) is 0 Å². The van der Waals surface area contributed by atoms with E-state index in [-0.39, 0.29) is 17.5 Å². The van der Waals surface area contributed by atoms with Crippen molar-refractivity contribution in [1.29, 1.82) is 0 Å². The van der Waals surface area contributed by atoms with Gasteiger partial charge in [0, 0.05) is 25.2 Å². The number of aromatic nitrogens is 1. The van der Waals surface area contributed by atoms with Crippen molar-refractivity contribution in [2.45, 2.75) is 26.9 Å². The number of aliphatic hydroxyl groups is 1. The van der Waals surface area contributed by atoms with Crippen LogP contribution in [0.4, 0.5) is 0 Å². The highest BCUT2D eigenvalue weighted by Gasteiger charge is 2.18. The molecule has 2 rings (SSSR count). The lowest BCUT2D eigenvalue weighted by Crippen LogP contribution is -2.35. The molecule has 1 heterocycles. The molecule has 1 atom stereocenters. The van der Waals surface area contributed by atoms with Gasteiger partial charge in [-0.25, -0.2) is 0 Å². The predicted octanol–water partition coefficient (Wildman–Crippen LogP) is 1.60. The van der Waals surface area contributed by atoms with Gasteiger partial charge in [0.25, 0.3) is 5.91 Å². The van der Waals surface area contributed by atoms with Crippen molar-refractivity contribution < 1.29 is 9.90 Å². The number of aryl methyl sites for hydroxylation is 2.